The smallest absolute Gasteiger partial charge is 0.184 e. The minimum Gasteiger partial charge on any atom is -0.392 e. The van der Waals surface area contributed by atoms with E-state index in [0.717, 1.165) is 47.3 Å². The van der Waals surface area contributed by atoms with Crippen molar-refractivity contribution < 1.29 is 14.6 Å². The number of aliphatic hydroxyl groups is 1. The maximum atomic E-state index is 9.53. The maximum Gasteiger partial charge on any atom is 0.184 e. The minimum absolute atomic E-state index is 0.0488. The van der Waals surface area contributed by atoms with Crippen molar-refractivity contribution in [1.82, 2.24) is 9.80 Å². The molecule has 3 saturated heterocycles. The van der Waals surface area contributed by atoms with Gasteiger partial charge in [0.2, 0.25) is 0 Å². The molecule has 4 atom stereocenters. The van der Waals surface area contributed by atoms with Crippen LogP contribution in [0.5, 0.6) is 0 Å². The van der Waals surface area contributed by atoms with E-state index in [4.69, 9.17) is 15.2 Å². The van der Waals surface area contributed by atoms with Crippen LogP contribution in [-0.4, -0.2) is 59.8 Å². The molecule has 40 heavy (non-hydrogen) atoms. The topological polar surface area (TPSA) is 71.2 Å². The number of ether oxygens (including phenoxy) is 2. The SMILES string of the molecule is NCc1ccccc1-c1ccc([C@@H]2O[C@H](CN3CCC[C@H]3CN3CCCC3)C[C@H](c3ccc(CO)cc3)O2)cc1. The second-order valence-corrected chi connectivity index (χ2v) is 11.6. The Morgan fingerprint density at radius 1 is 0.800 bits per heavy atom. The fourth-order valence-corrected chi connectivity index (χ4v) is 6.70. The number of hydrogen-bond acceptors (Lipinski definition) is 6. The van der Waals surface area contributed by atoms with E-state index in [2.05, 4.69) is 64.4 Å². The number of likely N-dealkylation sites (tertiary alicyclic amines) is 2. The summed E-state index contributed by atoms with van der Waals surface area (Å²) in [5, 5.41) is 9.53. The molecule has 3 aromatic carbocycles. The standard InChI is InChI=1S/C34H43N3O3/c35-21-29-6-1-2-8-32(29)26-13-15-28(16-14-26)34-39-31(20-33(40-34)27-11-9-25(24-38)10-12-27)23-37-19-5-7-30(37)22-36-17-3-4-18-36/h1-2,6,8-16,30-31,33-34,38H,3-5,7,17-24,35H2/t30-,31-,33+,34+/m0/s1. The van der Waals surface area contributed by atoms with Crippen molar-refractivity contribution in [2.45, 2.75) is 69.8 Å². The van der Waals surface area contributed by atoms with Crippen LogP contribution in [-0.2, 0) is 22.6 Å². The van der Waals surface area contributed by atoms with Crippen LogP contribution < -0.4 is 5.73 Å². The molecule has 3 N–H and O–H groups in total. The molecule has 0 bridgehead atoms. The van der Waals surface area contributed by atoms with E-state index in [1.165, 1.54) is 50.9 Å². The first-order valence-electron chi connectivity index (χ1n) is 15.1. The third-order valence-corrected chi connectivity index (χ3v) is 8.95. The molecule has 0 saturated carbocycles. The molecule has 3 heterocycles. The zero-order chi connectivity index (χ0) is 27.3. The predicted molar refractivity (Wildman–Crippen MR) is 158 cm³/mol. The highest BCUT2D eigenvalue weighted by molar-refractivity contribution is 5.67. The number of benzene rings is 3. The van der Waals surface area contributed by atoms with Crippen molar-refractivity contribution in [3.8, 4) is 11.1 Å². The molecule has 6 nitrogen and oxygen atoms in total. The van der Waals surface area contributed by atoms with Crippen LogP contribution in [0.3, 0.4) is 0 Å². The van der Waals surface area contributed by atoms with Crippen molar-refractivity contribution in [3.63, 3.8) is 0 Å². The van der Waals surface area contributed by atoms with E-state index < -0.39 is 6.29 Å². The second-order valence-electron chi connectivity index (χ2n) is 11.6. The Hall–Kier alpha value is -2.58. The predicted octanol–water partition coefficient (Wildman–Crippen LogP) is 5.41. The van der Waals surface area contributed by atoms with Crippen molar-refractivity contribution in [2.75, 3.05) is 32.7 Å². The Kier molecular flexibility index (Phi) is 8.92. The first-order valence-corrected chi connectivity index (χ1v) is 15.1. The Morgan fingerprint density at radius 2 is 1.55 bits per heavy atom. The van der Waals surface area contributed by atoms with Gasteiger partial charge in [-0.1, -0.05) is 72.8 Å². The molecule has 3 aliphatic rings. The van der Waals surface area contributed by atoms with Crippen LogP contribution in [0, 0.1) is 0 Å². The zero-order valence-electron chi connectivity index (χ0n) is 23.5. The summed E-state index contributed by atoms with van der Waals surface area (Å²) in [6.45, 7) is 6.33. The number of nitrogens with two attached hydrogens (primary N) is 1. The monoisotopic (exact) mass is 541 g/mol. The number of nitrogens with zero attached hydrogens (tertiary/aromatic N) is 2. The molecule has 3 aliphatic heterocycles. The van der Waals surface area contributed by atoms with Gasteiger partial charge in [0.1, 0.15) is 0 Å². The van der Waals surface area contributed by atoms with Crippen LogP contribution in [0.2, 0.25) is 0 Å². The highest BCUT2D eigenvalue weighted by Crippen LogP contribution is 2.39. The summed E-state index contributed by atoms with van der Waals surface area (Å²) in [5.41, 5.74) is 12.5. The lowest BCUT2D eigenvalue weighted by atomic mass is 9.97. The van der Waals surface area contributed by atoms with Crippen molar-refractivity contribution in [1.29, 1.82) is 0 Å². The van der Waals surface area contributed by atoms with Gasteiger partial charge in [-0.05, 0) is 73.1 Å². The van der Waals surface area contributed by atoms with E-state index in [0.29, 0.717) is 12.6 Å². The molecular formula is C34H43N3O3. The Labute approximate surface area is 238 Å². The lowest BCUT2D eigenvalue weighted by molar-refractivity contribution is -0.253. The summed E-state index contributed by atoms with van der Waals surface area (Å²) in [5.74, 6) is 0. The van der Waals surface area contributed by atoms with Gasteiger partial charge in [-0.25, -0.2) is 0 Å². The van der Waals surface area contributed by atoms with E-state index in [1.807, 2.05) is 18.2 Å². The second kappa shape index (κ2) is 12.9. The molecule has 0 amide bonds. The lowest BCUT2D eigenvalue weighted by Crippen LogP contribution is -2.45. The average Bonchev–Trinajstić information content (AvgIpc) is 3.69. The largest absolute Gasteiger partial charge is 0.392 e. The van der Waals surface area contributed by atoms with Gasteiger partial charge < -0.3 is 25.2 Å². The molecule has 0 aliphatic carbocycles. The molecule has 3 aromatic rings. The maximum absolute atomic E-state index is 9.53. The molecule has 0 radical (unpaired) electrons. The van der Waals surface area contributed by atoms with E-state index in [1.54, 1.807) is 0 Å². The number of rotatable bonds is 9. The fraction of sp³-hybridized carbons (Fsp3) is 0.471. The Balaban J connectivity index is 1.21. The molecule has 0 spiro atoms. The van der Waals surface area contributed by atoms with E-state index in [-0.39, 0.29) is 18.8 Å². The zero-order valence-corrected chi connectivity index (χ0v) is 23.5. The summed E-state index contributed by atoms with van der Waals surface area (Å²) in [7, 11) is 0. The van der Waals surface area contributed by atoms with Crippen LogP contribution in [0.4, 0.5) is 0 Å². The van der Waals surface area contributed by atoms with Crippen LogP contribution >= 0.6 is 0 Å². The Bertz CT molecular complexity index is 1230. The van der Waals surface area contributed by atoms with Crippen molar-refractivity contribution in [3.05, 3.63) is 95.1 Å². The number of hydrogen-bond donors (Lipinski definition) is 2. The lowest BCUT2D eigenvalue weighted by Gasteiger charge is -2.39. The normalized spacial score (nSPS) is 25.9. The molecule has 212 valence electrons. The summed E-state index contributed by atoms with van der Waals surface area (Å²) in [6.07, 6.45) is 5.63. The van der Waals surface area contributed by atoms with Gasteiger partial charge in [-0.15, -0.1) is 0 Å². The highest BCUT2D eigenvalue weighted by atomic mass is 16.7. The van der Waals surface area contributed by atoms with Gasteiger partial charge in [-0.2, -0.15) is 0 Å². The van der Waals surface area contributed by atoms with Gasteiger partial charge >= 0.3 is 0 Å². The molecule has 6 rings (SSSR count). The summed E-state index contributed by atoms with van der Waals surface area (Å²) in [4.78, 5) is 5.32. The first-order chi connectivity index (χ1) is 19.7. The third kappa shape index (κ3) is 6.33. The minimum atomic E-state index is -0.431. The summed E-state index contributed by atoms with van der Waals surface area (Å²) >= 11 is 0. The Morgan fingerprint density at radius 3 is 2.30 bits per heavy atom. The molecule has 3 fully saturated rings. The first kappa shape index (κ1) is 27.6. The molecule has 0 unspecified atom stereocenters. The highest BCUT2D eigenvalue weighted by Gasteiger charge is 2.36. The van der Waals surface area contributed by atoms with Crippen LogP contribution in [0.1, 0.15) is 66.8 Å². The van der Waals surface area contributed by atoms with Gasteiger partial charge in [0.05, 0.1) is 18.8 Å². The number of aliphatic hydroxyl groups excluding tert-OH is 1. The quantitative estimate of drug-likeness (QED) is 0.378. The van der Waals surface area contributed by atoms with Crippen LogP contribution in [0.15, 0.2) is 72.8 Å². The van der Waals surface area contributed by atoms with Gasteiger partial charge in [0.25, 0.3) is 0 Å². The van der Waals surface area contributed by atoms with Crippen LogP contribution in [0.25, 0.3) is 11.1 Å². The van der Waals surface area contributed by atoms with Crippen molar-refractivity contribution in [2.24, 2.45) is 5.73 Å². The van der Waals surface area contributed by atoms with Gasteiger partial charge in [-0.3, -0.25) is 4.90 Å². The molecule has 0 aromatic heterocycles. The van der Waals surface area contributed by atoms with E-state index >= 15 is 0 Å². The van der Waals surface area contributed by atoms with Crippen molar-refractivity contribution >= 4 is 0 Å². The third-order valence-electron chi connectivity index (χ3n) is 8.95. The van der Waals surface area contributed by atoms with Gasteiger partial charge in [0.15, 0.2) is 6.29 Å². The van der Waals surface area contributed by atoms with E-state index in [9.17, 15) is 5.11 Å². The summed E-state index contributed by atoms with van der Waals surface area (Å²) < 4.78 is 13.3. The summed E-state index contributed by atoms with van der Waals surface area (Å²) in [6, 6.07) is 25.7. The average molecular weight is 542 g/mol. The molecule has 6 heteroatoms. The van der Waals surface area contributed by atoms with Gasteiger partial charge in [0, 0.05) is 37.7 Å². The molecular weight excluding hydrogens is 498 g/mol. The fourth-order valence-electron chi connectivity index (χ4n) is 6.70.